The van der Waals surface area contributed by atoms with Crippen LogP contribution in [0, 0.1) is 22.7 Å². The van der Waals surface area contributed by atoms with Crippen LogP contribution in [0.1, 0.15) is 60.3 Å². The van der Waals surface area contributed by atoms with Gasteiger partial charge in [0.2, 0.25) is 5.91 Å². The molecule has 4 atom stereocenters. The maximum absolute atomic E-state index is 12.2. The first kappa shape index (κ1) is 15.8. The van der Waals surface area contributed by atoms with Gasteiger partial charge in [-0.05, 0) is 48.3 Å². The molecular formula is C17H32N2O. The predicted molar refractivity (Wildman–Crippen MR) is 83.5 cm³/mol. The van der Waals surface area contributed by atoms with E-state index in [1.54, 1.807) is 7.05 Å². The van der Waals surface area contributed by atoms with Crippen LogP contribution >= 0.6 is 0 Å². The largest absolute Gasteiger partial charge is 0.358 e. The molecule has 2 fully saturated rings. The Morgan fingerprint density at radius 1 is 1.30 bits per heavy atom. The van der Waals surface area contributed by atoms with Crippen molar-refractivity contribution in [2.45, 2.75) is 72.4 Å². The zero-order valence-electron chi connectivity index (χ0n) is 14.0. The van der Waals surface area contributed by atoms with Gasteiger partial charge in [0, 0.05) is 13.1 Å². The Morgan fingerprint density at radius 3 is 2.40 bits per heavy atom. The molecular weight excluding hydrogens is 248 g/mol. The quantitative estimate of drug-likeness (QED) is 0.813. The normalized spacial score (nSPS) is 36.4. The minimum absolute atomic E-state index is 0.0551. The highest BCUT2D eigenvalue weighted by atomic mass is 16.2. The Morgan fingerprint density at radius 2 is 1.95 bits per heavy atom. The van der Waals surface area contributed by atoms with Crippen LogP contribution in [0.3, 0.4) is 0 Å². The number of fused-ring (bicyclic) bond motifs is 2. The smallest absolute Gasteiger partial charge is 0.236 e. The molecule has 0 heterocycles. The van der Waals surface area contributed by atoms with Gasteiger partial charge in [0.15, 0.2) is 0 Å². The van der Waals surface area contributed by atoms with E-state index in [1.807, 2.05) is 0 Å². The minimum atomic E-state index is -0.0551. The molecule has 2 aliphatic carbocycles. The van der Waals surface area contributed by atoms with Crippen LogP contribution in [-0.4, -0.2) is 25.0 Å². The lowest BCUT2D eigenvalue weighted by Gasteiger charge is -2.45. The molecule has 116 valence electrons. The van der Waals surface area contributed by atoms with Crippen molar-refractivity contribution in [1.29, 1.82) is 0 Å². The molecule has 2 saturated carbocycles. The molecule has 0 aromatic rings. The molecule has 3 heteroatoms. The summed E-state index contributed by atoms with van der Waals surface area (Å²) in [4.78, 5) is 12.2. The number of nitrogens with one attached hydrogen (secondary N) is 2. The Labute approximate surface area is 124 Å². The Kier molecular flexibility index (Phi) is 4.21. The van der Waals surface area contributed by atoms with Crippen LogP contribution in [0.25, 0.3) is 0 Å². The fourth-order valence-electron chi connectivity index (χ4n) is 4.82. The summed E-state index contributed by atoms with van der Waals surface area (Å²) in [5.41, 5.74) is 0.674. The minimum Gasteiger partial charge on any atom is -0.358 e. The van der Waals surface area contributed by atoms with Crippen molar-refractivity contribution in [2.75, 3.05) is 7.05 Å². The van der Waals surface area contributed by atoms with Gasteiger partial charge in [-0.1, -0.05) is 34.6 Å². The van der Waals surface area contributed by atoms with E-state index in [1.165, 1.54) is 19.3 Å². The summed E-state index contributed by atoms with van der Waals surface area (Å²) in [5, 5.41) is 6.58. The predicted octanol–water partition coefficient (Wildman–Crippen LogP) is 2.95. The average Bonchev–Trinajstić information content (AvgIpc) is 2.82. The van der Waals surface area contributed by atoms with Gasteiger partial charge in [-0.25, -0.2) is 0 Å². The van der Waals surface area contributed by atoms with Gasteiger partial charge in [-0.2, -0.15) is 0 Å². The fraction of sp³-hybridized carbons (Fsp3) is 0.941. The maximum Gasteiger partial charge on any atom is 0.236 e. The highest BCUT2D eigenvalue weighted by Crippen LogP contribution is 2.62. The van der Waals surface area contributed by atoms with Gasteiger partial charge in [-0.15, -0.1) is 0 Å². The Hall–Kier alpha value is -0.570. The second-order valence-electron chi connectivity index (χ2n) is 8.31. The van der Waals surface area contributed by atoms with Gasteiger partial charge in [0.25, 0.3) is 0 Å². The number of carbonyl (C=O) groups excluding carboxylic acids is 1. The summed E-state index contributed by atoms with van der Waals surface area (Å²) < 4.78 is 0. The Bertz CT molecular complexity index is 372. The summed E-state index contributed by atoms with van der Waals surface area (Å²) in [7, 11) is 1.74. The molecule has 0 saturated heterocycles. The summed E-state index contributed by atoms with van der Waals surface area (Å²) in [6, 6.07) is 0.398. The van der Waals surface area contributed by atoms with Crippen LogP contribution in [0.5, 0.6) is 0 Å². The zero-order chi connectivity index (χ0) is 15.1. The van der Waals surface area contributed by atoms with Crippen LogP contribution in [0.15, 0.2) is 0 Å². The third-order valence-corrected chi connectivity index (χ3v) is 5.91. The summed E-state index contributed by atoms with van der Waals surface area (Å²) in [6.07, 6.45) is 4.89. The topological polar surface area (TPSA) is 41.1 Å². The molecule has 4 unspecified atom stereocenters. The van der Waals surface area contributed by atoms with Crippen molar-refractivity contribution in [2.24, 2.45) is 22.7 Å². The molecule has 2 aliphatic rings. The number of hydrogen-bond acceptors (Lipinski definition) is 2. The molecule has 20 heavy (non-hydrogen) atoms. The highest BCUT2D eigenvalue weighted by Gasteiger charge is 2.59. The van der Waals surface area contributed by atoms with Crippen molar-refractivity contribution in [3.05, 3.63) is 0 Å². The second kappa shape index (κ2) is 5.32. The third-order valence-electron chi connectivity index (χ3n) is 5.91. The summed E-state index contributed by atoms with van der Waals surface area (Å²) in [5.74, 6) is 1.48. The van der Waals surface area contributed by atoms with Gasteiger partial charge in [0.1, 0.15) is 0 Å². The maximum atomic E-state index is 12.2. The van der Waals surface area contributed by atoms with Crippen molar-refractivity contribution in [3.8, 4) is 0 Å². The molecule has 1 amide bonds. The lowest BCUT2D eigenvalue weighted by Crippen LogP contribution is -2.57. The number of rotatable bonds is 5. The number of likely N-dealkylation sites (N-methyl/N-ethyl adjacent to an activating group) is 1. The molecule has 0 aliphatic heterocycles. The molecule has 0 aromatic carbocycles. The van der Waals surface area contributed by atoms with Crippen LogP contribution in [0.4, 0.5) is 0 Å². The molecule has 0 radical (unpaired) electrons. The Balaban J connectivity index is 2.15. The number of hydrogen-bond donors (Lipinski definition) is 2. The SMILES string of the molecule is CNC(=O)C(CC(C)C)NC1C2(C)CCC(C2)C1(C)C. The first-order valence-corrected chi connectivity index (χ1v) is 8.18. The third kappa shape index (κ3) is 2.61. The van der Waals surface area contributed by atoms with E-state index in [2.05, 4.69) is 45.3 Å². The van der Waals surface area contributed by atoms with Crippen LogP contribution in [0.2, 0.25) is 0 Å². The van der Waals surface area contributed by atoms with Crippen molar-refractivity contribution < 1.29 is 4.79 Å². The highest BCUT2D eigenvalue weighted by molar-refractivity contribution is 5.81. The van der Waals surface area contributed by atoms with Gasteiger partial charge >= 0.3 is 0 Å². The van der Waals surface area contributed by atoms with E-state index >= 15 is 0 Å². The van der Waals surface area contributed by atoms with Crippen molar-refractivity contribution >= 4 is 5.91 Å². The van der Waals surface area contributed by atoms with Gasteiger partial charge in [0.05, 0.1) is 6.04 Å². The molecule has 2 rings (SSSR count). The van der Waals surface area contributed by atoms with Crippen LogP contribution in [-0.2, 0) is 4.79 Å². The van der Waals surface area contributed by atoms with Gasteiger partial charge < -0.3 is 10.6 Å². The van der Waals surface area contributed by atoms with E-state index < -0.39 is 0 Å². The first-order valence-electron chi connectivity index (χ1n) is 8.18. The molecule has 2 bridgehead atoms. The molecule has 0 aromatic heterocycles. The van der Waals surface area contributed by atoms with E-state index in [0.29, 0.717) is 22.8 Å². The second-order valence-corrected chi connectivity index (χ2v) is 8.31. The summed E-state index contributed by atoms with van der Waals surface area (Å²) in [6.45, 7) is 11.6. The van der Waals surface area contributed by atoms with Crippen LogP contribution < -0.4 is 10.6 Å². The van der Waals surface area contributed by atoms with E-state index in [4.69, 9.17) is 0 Å². The van der Waals surface area contributed by atoms with E-state index in [0.717, 1.165) is 12.3 Å². The average molecular weight is 280 g/mol. The molecule has 3 nitrogen and oxygen atoms in total. The number of carbonyl (C=O) groups is 1. The number of amides is 1. The van der Waals surface area contributed by atoms with Gasteiger partial charge in [-0.3, -0.25) is 4.79 Å². The van der Waals surface area contributed by atoms with E-state index in [-0.39, 0.29) is 11.9 Å². The van der Waals surface area contributed by atoms with E-state index in [9.17, 15) is 4.79 Å². The standard InChI is InChI=1S/C17H32N2O/c1-11(2)9-13(14(20)18-6)19-15-16(3,4)12-7-8-17(15,5)10-12/h11-13,15,19H,7-10H2,1-6H3,(H,18,20). The van der Waals surface area contributed by atoms with Crippen molar-refractivity contribution in [1.82, 2.24) is 10.6 Å². The van der Waals surface area contributed by atoms with Crippen molar-refractivity contribution in [3.63, 3.8) is 0 Å². The zero-order valence-corrected chi connectivity index (χ0v) is 14.0. The lowest BCUT2D eigenvalue weighted by molar-refractivity contribution is -0.123. The molecule has 2 N–H and O–H groups in total. The summed E-state index contributed by atoms with van der Waals surface area (Å²) >= 11 is 0. The monoisotopic (exact) mass is 280 g/mol. The lowest BCUT2D eigenvalue weighted by atomic mass is 9.68. The fourth-order valence-corrected chi connectivity index (χ4v) is 4.82. The first-order chi connectivity index (χ1) is 9.20. The molecule has 0 spiro atoms.